The molecule has 2 N–H and O–H groups in total. The Kier molecular flexibility index (Phi) is 2.46. The van der Waals surface area contributed by atoms with Crippen LogP contribution in [0, 0.1) is 5.92 Å². The van der Waals surface area contributed by atoms with Gasteiger partial charge in [0.2, 0.25) is 5.13 Å². The Labute approximate surface area is 81.8 Å². The monoisotopic (exact) mass is 198 g/mol. The standard InChI is InChI=1S/C8H14N4S/c1-6-2-7(9)4-12(3-6)8-11-10-5-13-8/h5-7H,2-4,9H2,1H3. The summed E-state index contributed by atoms with van der Waals surface area (Å²) in [5, 5.41) is 8.88. The zero-order valence-corrected chi connectivity index (χ0v) is 8.50. The number of aromatic nitrogens is 2. The number of hydrogen-bond donors (Lipinski definition) is 1. The molecule has 0 bridgehead atoms. The van der Waals surface area contributed by atoms with Crippen molar-refractivity contribution >= 4 is 16.5 Å². The van der Waals surface area contributed by atoms with Crippen LogP contribution in [0.4, 0.5) is 5.13 Å². The number of anilines is 1. The average molecular weight is 198 g/mol. The fourth-order valence-corrected chi connectivity index (χ4v) is 2.44. The third kappa shape index (κ3) is 1.97. The summed E-state index contributed by atoms with van der Waals surface area (Å²) in [6.45, 7) is 4.20. The van der Waals surface area contributed by atoms with Crippen LogP contribution in [-0.4, -0.2) is 29.3 Å². The third-order valence-electron chi connectivity index (χ3n) is 2.31. The van der Waals surface area contributed by atoms with Gasteiger partial charge in [-0.05, 0) is 12.3 Å². The Morgan fingerprint density at radius 1 is 1.62 bits per heavy atom. The van der Waals surface area contributed by atoms with Crippen LogP contribution in [0.15, 0.2) is 5.51 Å². The molecule has 1 aliphatic rings. The van der Waals surface area contributed by atoms with E-state index in [9.17, 15) is 0 Å². The Hall–Kier alpha value is -0.680. The van der Waals surface area contributed by atoms with E-state index in [1.807, 2.05) is 0 Å². The Morgan fingerprint density at radius 2 is 2.46 bits per heavy atom. The molecule has 0 saturated carbocycles. The molecule has 2 atom stereocenters. The van der Waals surface area contributed by atoms with Crippen LogP contribution >= 0.6 is 11.3 Å². The van der Waals surface area contributed by atoms with E-state index < -0.39 is 0 Å². The van der Waals surface area contributed by atoms with E-state index in [0.717, 1.165) is 24.6 Å². The molecule has 2 heterocycles. The Morgan fingerprint density at radius 3 is 3.08 bits per heavy atom. The molecule has 2 unspecified atom stereocenters. The number of nitrogens with zero attached hydrogens (tertiary/aromatic N) is 3. The summed E-state index contributed by atoms with van der Waals surface area (Å²) >= 11 is 1.58. The predicted octanol–water partition coefficient (Wildman–Crippen LogP) is 0.712. The maximum absolute atomic E-state index is 5.94. The fourth-order valence-electron chi connectivity index (χ4n) is 1.86. The second-order valence-electron chi connectivity index (χ2n) is 3.73. The van der Waals surface area contributed by atoms with Crippen molar-refractivity contribution in [2.75, 3.05) is 18.0 Å². The predicted molar refractivity (Wildman–Crippen MR) is 53.9 cm³/mol. The van der Waals surface area contributed by atoms with Gasteiger partial charge in [-0.2, -0.15) is 0 Å². The van der Waals surface area contributed by atoms with E-state index in [2.05, 4.69) is 22.0 Å². The summed E-state index contributed by atoms with van der Waals surface area (Å²) in [5.74, 6) is 0.660. The molecule has 0 amide bonds. The van der Waals surface area contributed by atoms with Gasteiger partial charge < -0.3 is 10.6 Å². The van der Waals surface area contributed by atoms with Gasteiger partial charge in [0.25, 0.3) is 0 Å². The van der Waals surface area contributed by atoms with Gasteiger partial charge in [-0.15, -0.1) is 10.2 Å². The first-order valence-corrected chi connectivity index (χ1v) is 5.40. The fraction of sp³-hybridized carbons (Fsp3) is 0.750. The van der Waals surface area contributed by atoms with Gasteiger partial charge in [0, 0.05) is 19.1 Å². The summed E-state index contributed by atoms with van der Waals surface area (Å²) in [6, 6.07) is 0.285. The van der Waals surface area contributed by atoms with Crippen LogP contribution in [0.2, 0.25) is 0 Å². The molecule has 1 aromatic heterocycles. The molecule has 1 aliphatic heterocycles. The lowest BCUT2D eigenvalue weighted by atomic mass is 9.97. The van der Waals surface area contributed by atoms with Crippen LogP contribution in [0.3, 0.4) is 0 Å². The molecule has 72 valence electrons. The van der Waals surface area contributed by atoms with E-state index in [0.29, 0.717) is 5.92 Å². The molecule has 0 spiro atoms. The SMILES string of the molecule is CC1CC(N)CN(c2nncs2)C1. The maximum atomic E-state index is 5.94. The quantitative estimate of drug-likeness (QED) is 0.722. The van der Waals surface area contributed by atoms with E-state index in [4.69, 9.17) is 5.73 Å². The van der Waals surface area contributed by atoms with Crippen molar-refractivity contribution in [3.63, 3.8) is 0 Å². The summed E-state index contributed by atoms with van der Waals surface area (Å²) in [7, 11) is 0. The van der Waals surface area contributed by atoms with Gasteiger partial charge in [-0.3, -0.25) is 0 Å². The summed E-state index contributed by atoms with van der Waals surface area (Å²) < 4.78 is 0. The first-order chi connectivity index (χ1) is 6.25. The van der Waals surface area contributed by atoms with Gasteiger partial charge >= 0.3 is 0 Å². The lowest BCUT2D eigenvalue weighted by Crippen LogP contribution is -2.46. The molecule has 4 nitrogen and oxygen atoms in total. The Balaban J connectivity index is 2.07. The molecule has 0 aromatic carbocycles. The molecule has 13 heavy (non-hydrogen) atoms. The van der Waals surface area contributed by atoms with Crippen molar-refractivity contribution in [2.45, 2.75) is 19.4 Å². The largest absolute Gasteiger partial charge is 0.345 e. The topological polar surface area (TPSA) is 55.0 Å². The van der Waals surface area contributed by atoms with Crippen molar-refractivity contribution in [1.82, 2.24) is 10.2 Å². The zero-order chi connectivity index (χ0) is 9.26. The second-order valence-corrected chi connectivity index (χ2v) is 4.54. The van der Waals surface area contributed by atoms with E-state index in [1.54, 1.807) is 16.8 Å². The number of rotatable bonds is 1. The van der Waals surface area contributed by atoms with Gasteiger partial charge in [0.05, 0.1) is 0 Å². The molecule has 0 aliphatic carbocycles. The van der Waals surface area contributed by atoms with Crippen LogP contribution in [-0.2, 0) is 0 Å². The molecule has 1 fully saturated rings. The number of nitrogens with two attached hydrogens (primary N) is 1. The maximum Gasteiger partial charge on any atom is 0.208 e. The molecule has 0 radical (unpaired) electrons. The highest BCUT2D eigenvalue weighted by molar-refractivity contribution is 7.13. The van der Waals surface area contributed by atoms with Gasteiger partial charge in [-0.1, -0.05) is 18.3 Å². The summed E-state index contributed by atoms with van der Waals surface area (Å²) in [6.07, 6.45) is 1.12. The number of hydrogen-bond acceptors (Lipinski definition) is 5. The average Bonchev–Trinajstić information content (AvgIpc) is 2.53. The highest BCUT2D eigenvalue weighted by Crippen LogP contribution is 2.22. The van der Waals surface area contributed by atoms with E-state index >= 15 is 0 Å². The van der Waals surface area contributed by atoms with E-state index in [-0.39, 0.29) is 6.04 Å². The number of piperidine rings is 1. The molecular weight excluding hydrogens is 184 g/mol. The molecule has 1 aromatic rings. The minimum absolute atomic E-state index is 0.285. The smallest absolute Gasteiger partial charge is 0.208 e. The van der Waals surface area contributed by atoms with Gasteiger partial charge in [0.1, 0.15) is 5.51 Å². The lowest BCUT2D eigenvalue weighted by Gasteiger charge is -2.34. The normalized spacial score (nSPS) is 29.2. The van der Waals surface area contributed by atoms with Crippen molar-refractivity contribution in [1.29, 1.82) is 0 Å². The molecular formula is C8H14N4S. The molecule has 5 heteroatoms. The lowest BCUT2D eigenvalue weighted by molar-refractivity contribution is 0.401. The second kappa shape index (κ2) is 3.59. The highest BCUT2D eigenvalue weighted by atomic mass is 32.1. The van der Waals surface area contributed by atoms with Crippen molar-refractivity contribution in [3.05, 3.63) is 5.51 Å². The van der Waals surface area contributed by atoms with Crippen molar-refractivity contribution < 1.29 is 0 Å². The van der Waals surface area contributed by atoms with Crippen molar-refractivity contribution in [3.8, 4) is 0 Å². The van der Waals surface area contributed by atoms with Gasteiger partial charge in [0.15, 0.2) is 0 Å². The first kappa shape index (κ1) is 8.90. The first-order valence-electron chi connectivity index (χ1n) is 4.52. The minimum atomic E-state index is 0.285. The van der Waals surface area contributed by atoms with Crippen molar-refractivity contribution in [2.24, 2.45) is 11.7 Å². The summed E-state index contributed by atoms with van der Waals surface area (Å²) in [4.78, 5) is 2.23. The van der Waals surface area contributed by atoms with Crippen LogP contribution in [0.1, 0.15) is 13.3 Å². The van der Waals surface area contributed by atoms with Crippen LogP contribution in [0.5, 0.6) is 0 Å². The van der Waals surface area contributed by atoms with Gasteiger partial charge in [-0.25, -0.2) is 0 Å². The summed E-state index contributed by atoms with van der Waals surface area (Å²) in [5.41, 5.74) is 7.70. The zero-order valence-electron chi connectivity index (χ0n) is 7.68. The minimum Gasteiger partial charge on any atom is -0.345 e. The molecule has 1 saturated heterocycles. The third-order valence-corrected chi connectivity index (χ3v) is 3.06. The van der Waals surface area contributed by atoms with Crippen LogP contribution in [0.25, 0.3) is 0 Å². The molecule has 2 rings (SSSR count). The highest BCUT2D eigenvalue weighted by Gasteiger charge is 2.23. The Bertz CT molecular complexity index is 251. The van der Waals surface area contributed by atoms with Crippen LogP contribution < -0.4 is 10.6 Å². The van der Waals surface area contributed by atoms with E-state index in [1.165, 1.54) is 0 Å².